The molecule has 15 heavy (non-hydrogen) atoms. The van der Waals surface area contributed by atoms with E-state index < -0.39 is 5.82 Å². The molecule has 0 radical (unpaired) electrons. The van der Waals surface area contributed by atoms with Crippen molar-refractivity contribution in [2.45, 2.75) is 17.7 Å². The summed E-state index contributed by atoms with van der Waals surface area (Å²) in [4.78, 5) is 12.2. The van der Waals surface area contributed by atoms with Crippen LogP contribution in [0.15, 0.2) is 23.1 Å². The lowest BCUT2D eigenvalue weighted by Crippen LogP contribution is -2.26. The second-order valence-corrected chi connectivity index (χ2v) is 4.33. The zero-order chi connectivity index (χ0) is 10.8. The Morgan fingerprint density at radius 3 is 2.93 bits per heavy atom. The topological polar surface area (TPSA) is 29.1 Å². The second-order valence-electron chi connectivity index (χ2n) is 3.82. The summed E-state index contributed by atoms with van der Waals surface area (Å²) in [6, 6.07) is 4.23. The molecule has 0 aromatic heterocycles. The van der Waals surface area contributed by atoms with Crippen molar-refractivity contribution < 1.29 is 9.18 Å². The molecule has 1 amide bonds. The molecule has 0 aliphatic heterocycles. The summed E-state index contributed by atoms with van der Waals surface area (Å²) < 4.78 is 13.3. The van der Waals surface area contributed by atoms with Crippen LogP contribution in [-0.2, 0) is 0 Å². The Bertz CT molecular complexity index is 390. The van der Waals surface area contributed by atoms with E-state index >= 15 is 0 Å². The van der Waals surface area contributed by atoms with E-state index in [1.54, 1.807) is 0 Å². The average Bonchev–Trinajstić information content (AvgIpc) is 3.02. The van der Waals surface area contributed by atoms with Gasteiger partial charge in [0.15, 0.2) is 0 Å². The van der Waals surface area contributed by atoms with Crippen molar-refractivity contribution in [1.82, 2.24) is 5.32 Å². The molecule has 1 aromatic carbocycles. The van der Waals surface area contributed by atoms with E-state index in [-0.39, 0.29) is 11.5 Å². The third-order valence-electron chi connectivity index (χ3n) is 2.44. The highest BCUT2D eigenvalue weighted by Gasteiger charge is 2.22. The third-order valence-corrected chi connectivity index (χ3v) is 2.72. The number of rotatable bonds is 3. The quantitative estimate of drug-likeness (QED) is 0.759. The summed E-state index contributed by atoms with van der Waals surface area (Å²) in [5.41, 5.74) is 0.0724. The molecule has 0 unspecified atom stereocenters. The van der Waals surface area contributed by atoms with E-state index in [4.69, 9.17) is 0 Å². The molecule has 0 spiro atoms. The summed E-state index contributed by atoms with van der Waals surface area (Å²) in [6.07, 6.45) is 2.32. The summed E-state index contributed by atoms with van der Waals surface area (Å²) >= 11 is 4.07. The maximum absolute atomic E-state index is 13.3. The highest BCUT2D eigenvalue weighted by molar-refractivity contribution is 7.80. The Morgan fingerprint density at radius 2 is 2.27 bits per heavy atom. The van der Waals surface area contributed by atoms with Gasteiger partial charge in [0.1, 0.15) is 5.82 Å². The van der Waals surface area contributed by atoms with E-state index in [0.717, 1.165) is 12.8 Å². The predicted octanol–water partition coefficient (Wildman–Crippen LogP) is 2.25. The van der Waals surface area contributed by atoms with Crippen molar-refractivity contribution in [3.8, 4) is 0 Å². The lowest BCUT2D eigenvalue weighted by atomic mass is 10.2. The molecule has 1 fully saturated rings. The van der Waals surface area contributed by atoms with Crippen LogP contribution >= 0.6 is 12.6 Å². The number of halogens is 1. The van der Waals surface area contributed by atoms with Crippen LogP contribution in [0.5, 0.6) is 0 Å². The molecule has 80 valence electrons. The molecule has 0 bridgehead atoms. The minimum absolute atomic E-state index is 0.0724. The lowest BCUT2D eigenvalue weighted by molar-refractivity contribution is 0.0947. The van der Waals surface area contributed by atoms with E-state index in [2.05, 4.69) is 17.9 Å². The highest BCUT2D eigenvalue weighted by Crippen LogP contribution is 2.27. The zero-order valence-electron chi connectivity index (χ0n) is 8.16. The first-order chi connectivity index (χ1) is 7.16. The number of hydrogen-bond acceptors (Lipinski definition) is 2. The second kappa shape index (κ2) is 4.23. The SMILES string of the molecule is O=C(NCC1CC1)c1cc(S)ccc1F. The number of hydrogen-bond donors (Lipinski definition) is 2. The number of thiol groups is 1. The highest BCUT2D eigenvalue weighted by atomic mass is 32.1. The molecule has 1 aliphatic carbocycles. The summed E-state index contributed by atoms with van der Waals surface area (Å²) in [5, 5.41) is 2.72. The Balaban J connectivity index is 2.05. The predicted molar refractivity (Wildman–Crippen MR) is 58.7 cm³/mol. The van der Waals surface area contributed by atoms with Gasteiger partial charge in [0.25, 0.3) is 5.91 Å². The van der Waals surface area contributed by atoms with Gasteiger partial charge < -0.3 is 5.32 Å². The first-order valence-electron chi connectivity index (χ1n) is 4.93. The minimum Gasteiger partial charge on any atom is -0.352 e. The van der Waals surface area contributed by atoms with E-state index in [1.165, 1.54) is 18.2 Å². The fraction of sp³-hybridized carbons (Fsp3) is 0.364. The minimum atomic E-state index is -0.499. The number of amides is 1. The molecule has 1 aromatic rings. The van der Waals surface area contributed by atoms with E-state index in [0.29, 0.717) is 17.4 Å². The molecular formula is C11H12FNOS. The van der Waals surface area contributed by atoms with Gasteiger partial charge in [0, 0.05) is 11.4 Å². The molecular weight excluding hydrogens is 213 g/mol. The van der Waals surface area contributed by atoms with E-state index in [9.17, 15) is 9.18 Å². The Labute approximate surface area is 93.3 Å². The van der Waals surface area contributed by atoms with Gasteiger partial charge in [0.05, 0.1) is 5.56 Å². The van der Waals surface area contributed by atoms with Crippen molar-refractivity contribution in [2.75, 3.05) is 6.54 Å². The van der Waals surface area contributed by atoms with Crippen molar-refractivity contribution in [1.29, 1.82) is 0 Å². The van der Waals surface area contributed by atoms with Crippen LogP contribution in [-0.4, -0.2) is 12.5 Å². The van der Waals surface area contributed by atoms with Crippen molar-refractivity contribution in [2.24, 2.45) is 5.92 Å². The third kappa shape index (κ3) is 2.72. The Hall–Kier alpha value is -1.03. The van der Waals surface area contributed by atoms with Crippen LogP contribution in [0.4, 0.5) is 4.39 Å². The standard InChI is InChI=1S/C11H12FNOS/c12-10-4-3-8(15)5-9(10)11(14)13-6-7-1-2-7/h3-5,7,15H,1-2,6H2,(H,13,14). The maximum Gasteiger partial charge on any atom is 0.254 e. The number of carbonyl (C=O) groups is 1. The fourth-order valence-electron chi connectivity index (χ4n) is 1.34. The van der Waals surface area contributed by atoms with Gasteiger partial charge in [-0.2, -0.15) is 0 Å². The smallest absolute Gasteiger partial charge is 0.254 e. The summed E-state index contributed by atoms with van der Waals surface area (Å²) in [7, 11) is 0. The van der Waals surface area contributed by atoms with Gasteiger partial charge in [-0.15, -0.1) is 12.6 Å². The zero-order valence-corrected chi connectivity index (χ0v) is 9.06. The molecule has 2 rings (SSSR count). The van der Waals surface area contributed by atoms with Crippen LogP contribution in [0, 0.1) is 11.7 Å². The maximum atomic E-state index is 13.3. The summed E-state index contributed by atoms with van der Waals surface area (Å²) in [6.45, 7) is 0.648. The number of nitrogens with one attached hydrogen (secondary N) is 1. The molecule has 1 aliphatic rings. The van der Waals surface area contributed by atoms with Gasteiger partial charge in [-0.3, -0.25) is 4.79 Å². The van der Waals surface area contributed by atoms with Gasteiger partial charge >= 0.3 is 0 Å². The molecule has 4 heteroatoms. The number of benzene rings is 1. The average molecular weight is 225 g/mol. The van der Waals surface area contributed by atoms with Gasteiger partial charge in [-0.05, 0) is 37.0 Å². The largest absolute Gasteiger partial charge is 0.352 e. The molecule has 0 heterocycles. The molecule has 1 saturated carbocycles. The Kier molecular flexibility index (Phi) is 2.95. The van der Waals surface area contributed by atoms with Crippen LogP contribution in [0.2, 0.25) is 0 Å². The first-order valence-corrected chi connectivity index (χ1v) is 5.38. The Morgan fingerprint density at radius 1 is 1.53 bits per heavy atom. The fourth-order valence-corrected chi connectivity index (χ4v) is 1.55. The lowest BCUT2D eigenvalue weighted by Gasteiger charge is -2.05. The van der Waals surface area contributed by atoms with Gasteiger partial charge in [-0.1, -0.05) is 0 Å². The van der Waals surface area contributed by atoms with Gasteiger partial charge in [-0.25, -0.2) is 4.39 Å². The van der Waals surface area contributed by atoms with Gasteiger partial charge in [0.2, 0.25) is 0 Å². The molecule has 0 atom stereocenters. The van der Waals surface area contributed by atoms with E-state index in [1.807, 2.05) is 0 Å². The van der Waals surface area contributed by atoms with Crippen LogP contribution < -0.4 is 5.32 Å². The normalized spacial score (nSPS) is 15.1. The monoisotopic (exact) mass is 225 g/mol. The van der Waals surface area contributed by atoms with Crippen molar-refractivity contribution >= 4 is 18.5 Å². The molecule has 1 N–H and O–H groups in total. The van der Waals surface area contributed by atoms with Crippen molar-refractivity contribution in [3.05, 3.63) is 29.6 Å². The van der Waals surface area contributed by atoms with Crippen LogP contribution in [0.3, 0.4) is 0 Å². The number of carbonyl (C=O) groups excluding carboxylic acids is 1. The first kappa shape index (κ1) is 10.5. The molecule has 0 saturated heterocycles. The molecule has 2 nitrogen and oxygen atoms in total. The van der Waals surface area contributed by atoms with Crippen LogP contribution in [0.25, 0.3) is 0 Å². The summed E-state index contributed by atoms with van der Waals surface area (Å²) in [5.74, 6) is -0.257. The van der Waals surface area contributed by atoms with Crippen LogP contribution in [0.1, 0.15) is 23.2 Å². The van der Waals surface area contributed by atoms with Crippen molar-refractivity contribution in [3.63, 3.8) is 0 Å².